The number of halogens is 6. The molecule has 0 spiro atoms. The van der Waals surface area contributed by atoms with E-state index in [9.17, 15) is 0 Å². The maximum Gasteiger partial charge on any atom is 0.0932 e. The summed E-state index contributed by atoms with van der Waals surface area (Å²) in [6, 6.07) is 0. The SMILES string of the molecule is CC(S(Cl)(Cl)Cl)S(Cl)(Cl)Cl. The van der Waals surface area contributed by atoms with Crippen molar-refractivity contribution < 1.29 is 0 Å². The van der Waals surface area contributed by atoms with Crippen LogP contribution < -0.4 is 0 Å². The van der Waals surface area contributed by atoms with Crippen LogP contribution in [0.2, 0.25) is 0 Å². The van der Waals surface area contributed by atoms with Gasteiger partial charge >= 0.3 is 0 Å². The predicted molar refractivity (Wildman–Crippen MR) is 59.8 cm³/mol. The van der Waals surface area contributed by atoms with Gasteiger partial charge in [-0.05, 0) is 71.0 Å². The minimum absolute atomic E-state index is 0.477. The fraction of sp³-hybridized carbons (Fsp3) is 1.00. The number of rotatable bonds is 2. The molecule has 0 aliphatic rings. The van der Waals surface area contributed by atoms with Crippen molar-refractivity contribution in [2.24, 2.45) is 0 Å². The molecule has 0 saturated heterocycles. The van der Waals surface area contributed by atoms with Crippen molar-refractivity contribution in [2.75, 3.05) is 0 Å². The lowest BCUT2D eigenvalue weighted by Crippen LogP contribution is -1.99. The van der Waals surface area contributed by atoms with Gasteiger partial charge in [-0.3, -0.25) is 0 Å². The van der Waals surface area contributed by atoms with E-state index in [1.807, 2.05) is 0 Å². The Morgan fingerprint density at radius 2 is 1.00 bits per heavy atom. The first-order valence-corrected chi connectivity index (χ1v) is 10.3. The second kappa shape index (κ2) is 4.10. The summed E-state index contributed by atoms with van der Waals surface area (Å²) in [4.78, 5) is 0. The molecule has 0 unspecified atom stereocenters. The lowest BCUT2D eigenvalue weighted by Gasteiger charge is -2.32. The van der Waals surface area contributed by atoms with Gasteiger partial charge in [0.15, 0.2) is 0 Å². The van der Waals surface area contributed by atoms with Crippen LogP contribution in [0.25, 0.3) is 0 Å². The van der Waals surface area contributed by atoms with E-state index < -0.39 is 19.9 Å². The normalized spacial score (nSPS) is 17.6. The monoisotopic (exact) mass is 302 g/mol. The smallest absolute Gasteiger partial charge is 0.0403 e. The van der Waals surface area contributed by atoms with Crippen LogP contribution in [0.3, 0.4) is 0 Å². The van der Waals surface area contributed by atoms with Gasteiger partial charge in [-0.15, -0.1) is 0 Å². The first-order chi connectivity index (χ1) is 4.15. The zero-order valence-corrected chi connectivity index (χ0v) is 10.8. The zero-order chi connectivity index (χ0) is 8.58. The molecular formula is C2H4Cl6S2. The van der Waals surface area contributed by atoms with Crippen molar-refractivity contribution in [3.63, 3.8) is 0 Å². The number of hydrogen-bond donors (Lipinski definition) is 0. The molecule has 0 nitrogen and oxygen atoms in total. The standard InChI is InChI=1S/C2H4Cl6S2/c1-2(9(3,4)5)10(6,7)8/h2H,1H3. The maximum absolute atomic E-state index is 5.55. The molecule has 0 N–H and O–H groups in total. The predicted octanol–water partition coefficient (Wildman–Crippen LogP) is 5.86. The van der Waals surface area contributed by atoms with Crippen LogP contribution in [-0.2, 0) is 0 Å². The molecule has 0 fully saturated rings. The van der Waals surface area contributed by atoms with Crippen molar-refractivity contribution in [3.8, 4) is 0 Å². The van der Waals surface area contributed by atoms with Gasteiger partial charge in [0.05, 0.1) is 4.58 Å². The summed E-state index contributed by atoms with van der Waals surface area (Å²) in [5.41, 5.74) is 0. The third-order valence-corrected chi connectivity index (χ3v) is 10.7. The highest BCUT2D eigenvalue weighted by Crippen LogP contribution is 2.82. The molecule has 0 bridgehead atoms. The average Bonchev–Trinajstić information content (AvgIpc) is 1.59. The summed E-state index contributed by atoms with van der Waals surface area (Å²) in [5.74, 6) is 0. The van der Waals surface area contributed by atoms with E-state index in [4.69, 9.17) is 64.1 Å². The van der Waals surface area contributed by atoms with E-state index in [2.05, 4.69) is 0 Å². The lowest BCUT2D eigenvalue weighted by atomic mass is 11.0. The van der Waals surface area contributed by atoms with E-state index in [-0.39, 0.29) is 0 Å². The zero-order valence-electron chi connectivity index (χ0n) is 4.66. The minimum atomic E-state index is -2.30. The molecular weight excluding hydrogens is 301 g/mol. The topological polar surface area (TPSA) is 0 Å². The summed E-state index contributed by atoms with van der Waals surface area (Å²) in [6.07, 6.45) is 0. The first kappa shape index (κ1) is 12.4. The Morgan fingerprint density at radius 3 is 1.00 bits per heavy atom. The Balaban J connectivity index is 4.23. The third kappa shape index (κ3) is 4.46. The Hall–Kier alpha value is 2.44. The van der Waals surface area contributed by atoms with Crippen molar-refractivity contribution in [1.29, 1.82) is 0 Å². The molecule has 0 rings (SSSR count). The van der Waals surface area contributed by atoms with Gasteiger partial charge in [-0.1, -0.05) is 0 Å². The summed E-state index contributed by atoms with van der Waals surface area (Å²) in [6.45, 7) is 1.62. The van der Waals surface area contributed by atoms with Crippen molar-refractivity contribution in [3.05, 3.63) is 0 Å². The molecule has 0 saturated carbocycles. The quantitative estimate of drug-likeness (QED) is 0.599. The molecule has 0 aromatic rings. The average molecular weight is 305 g/mol. The van der Waals surface area contributed by atoms with Gasteiger partial charge in [0.1, 0.15) is 0 Å². The van der Waals surface area contributed by atoms with Crippen molar-refractivity contribution >= 4 is 79.4 Å². The molecule has 0 radical (unpaired) electrons. The van der Waals surface area contributed by atoms with Crippen LogP contribution in [0.4, 0.5) is 0 Å². The van der Waals surface area contributed by atoms with Crippen LogP contribution in [0.5, 0.6) is 0 Å². The Morgan fingerprint density at radius 1 is 0.800 bits per heavy atom. The Bertz CT molecular complexity index is 97.9. The van der Waals surface area contributed by atoms with Crippen molar-refractivity contribution in [2.45, 2.75) is 11.5 Å². The largest absolute Gasteiger partial charge is 0.0932 e. The Kier molecular flexibility index (Phi) is 5.10. The van der Waals surface area contributed by atoms with Crippen molar-refractivity contribution in [1.82, 2.24) is 0 Å². The van der Waals surface area contributed by atoms with Gasteiger partial charge in [0.25, 0.3) is 0 Å². The van der Waals surface area contributed by atoms with E-state index in [1.54, 1.807) is 6.92 Å². The van der Waals surface area contributed by atoms with E-state index in [0.29, 0.717) is 0 Å². The number of hydrogen-bond acceptors (Lipinski definition) is 0. The highest BCUT2D eigenvalue weighted by atomic mass is 36.2. The fourth-order valence-electron chi connectivity index (χ4n) is 0.124. The van der Waals surface area contributed by atoms with Crippen LogP contribution >= 0.6 is 79.4 Å². The van der Waals surface area contributed by atoms with E-state index >= 15 is 0 Å². The molecule has 0 atom stereocenters. The molecule has 0 aromatic heterocycles. The maximum atomic E-state index is 5.55. The van der Waals surface area contributed by atoms with Gasteiger partial charge < -0.3 is 0 Å². The molecule has 66 valence electrons. The summed E-state index contributed by atoms with van der Waals surface area (Å²) >= 11 is 0. The second-order valence-corrected chi connectivity index (χ2v) is 16.5. The first-order valence-electron chi connectivity index (χ1n) is 1.97. The molecule has 0 heterocycles. The van der Waals surface area contributed by atoms with Gasteiger partial charge in [-0.2, -0.15) is 0 Å². The third-order valence-electron chi connectivity index (χ3n) is 0.753. The van der Waals surface area contributed by atoms with Gasteiger partial charge in [-0.25, -0.2) is 0 Å². The highest BCUT2D eigenvalue weighted by Gasteiger charge is 2.36. The highest BCUT2D eigenvalue weighted by molar-refractivity contribution is 8.91. The molecule has 0 aliphatic carbocycles. The van der Waals surface area contributed by atoms with Gasteiger partial charge in [0, 0.05) is 15.3 Å². The van der Waals surface area contributed by atoms with Crippen LogP contribution in [0, 0.1) is 0 Å². The lowest BCUT2D eigenvalue weighted by molar-refractivity contribution is 1.43. The summed E-state index contributed by atoms with van der Waals surface area (Å²) < 4.78 is -0.477. The molecule has 0 aliphatic heterocycles. The Labute approximate surface area is 90.1 Å². The molecule has 0 amide bonds. The summed E-state index contributed by atoms with van der Waals surface area (Å²) in [5, 5.41) is 0. The minimum Gasteiger partial charge on any atom is -0.0403 e. The summed E-state index contributed by atoms with van der Waals surface area (Å²) in [7, 11) is 28.7. The van der Waals surface area contributed by atoms with Crippen LogP contribution in [0.15, 0.2) is 0 Å². The molecule has 0 aromatic carbocycles. The van der Waals surface area contributed by atoms with Crippen LogP contribution in [0.1, 0.15) is 6.92 Å². The molecule has 10 heavy (non-hydrogen) atoms. The van der Waals surface area contributed by atoms with E-state index in [1.165, 1.54) is 0 Å². The van der Waals surface area contributed by atoms with Crippen LogP contribution in [-0.4, -0.2) is 4.58 Å². The van der Waals surface area contributed by atoms with Gasteiger partial charge in [0.2, 0.25) is 0 Å². The fourth-order valence-corrected chi connectivity index (χ4v) is 10.0. The van der Waals surface area contributed by atoms with E-state index in [0.717, 1.165) is 0 Å². The molecule has 8 heteroatoms. The second-order valence-electron chi connectivity index (χ2n) is 1.45.